The number of hydrogen-bond acceptors (Lipinski definition) is 4. The Kier molecular flexibility index (Phi) is 6.95. The molecule has 0 atom stereocenters. The molecule has 2 rings (SSSR count). The molecule has 24 heavy (non-hydrogen) atoms. The van der Waals surface area contributed by atoms with Crippen molar-refractivity contribution in [2.24, 2.45) is 0 Å². The molecule has 0 bridgehead atoms. The van der Waals surface area contributed by atoms with Crippen molar-refractivity contribution in [3.05, 3.63) is 48.5 Å². The lowest BCUT2D eigenvalue weighted by atomic mass is 10.3. The summed E-state index contributed by atoms with van der Waals surface area (Å²) in [5, 5.41) is 2.80. The predicted molar refractivity (Wildman–Crippen MR) is 94.0 cm³/mol. The van der Waals surface area contributed by atoms with Gasteiger partial charge < -0.3 is 19.5 Å². The van der Waals surface area contributed by atoms with Crippen molar-refractivity contribution in [2.45, 2.75) is 19.8 Å². The zero-order chi connectivity index (χ0) is 17.2. The maximum atomic E-state index is 12.0. The number of nitrogens with one attached hydrogen (secondary N) is 1. The lowest BCUT2D eigenvalue weighted by Crippen LogP contribution is -2.20. The van der Waals surface area contributed by atoms with Crippen LogP contribution < -0.4 is 19.5 Å². The third-order valence-electron chi connectivity index (χ3n) is 3.31. The monoisotopic (exact) mass is 329 g/mol. The van der Waals surface area contributed by atoms with Crippen LogP contribution in [0, 0.1) is 0 Å². The van der Waals surface area contributed by atoms with Gasteiger partial charge in [0.25, 0.3) is 5.91 Å². The van der Waals surface area contributed by atoms with Crippen molar-refractivity contribution in [1.29, 1.82) is 0 Å². The van der Waals surface area contributed by atoms with Gasteiger partial charge in [-0.05, 0) is 30.7 Å². The van der Waals surface area contributed by atoms with Crippen LogP contribution in [-0.2, 0) is 4.79 Å². The maximum Gasteiger partial charge on any atom is 0.262 e. The van der Waals surface area contributed by atoms with E-state index in [9.17, 15) is 4.79 Å². The van der Waals surface area contributed by atoms with Crippen LogP contribution in [-0.4, -0.2) is 26.2 Å². The number of hydrogen-bond donors (Lipinski definition) is 1. The smallest absolute Gasteiger partial charge is 0.262 e. The van der Waals surface area contributed by atoms with Gasteiger partial charge in [0.15, 0.2) is 18.1 Å². The number of anilines is 1. The lowest BCUT2D eigenvalue weighted by Gasteiger charge is -2.11. The van der Waals surface area contributed by atoms with Gasteiger partial charge in [-0.3, -0.25) is 4.79 Å². The minimum absolute atomic E-state index is 0.0959. The average molecular weight is 329 g/mol. The van der Waals surface area contributed by atoms with Crippen LogP contribution in [0.25, 0.3) is 0 Å². The topological polar surface area (TPSA) is 56.8 Å². The van der Waals surface area contributed by atoms with Crippen molar-refractivity contribution < 1.29 is 19.0 Å². The van der Waals surface area contributed by atoms with E-state index in [1.165, 1.54) is 0 Å². The summed E-state index contributed by atoms with van der Waals surface area (Å²) in [5.74, 6) is 1.63. The largest absolute Gasteiger partial charge is 0.494 e. The maximum absolute atomic E-state index is 12.0. The normalized spacial score (nSPS) is 10.1. The standard InChI is InChI=1S/C19H23NO4/c1-3-4-12-23-16-9-7-8-15(13-16)20-19(21)14-24-18-11-6-5-10-17(18)22-2/h5-11,13H,3-4,12,14H2,1-2H3,(H,20,21). The fraction of sp³-hybridized carbons (Fsp3) is 0.316. The molecule has 0 radical (unpaired) electrons. The summed E-state index contributed by atoms with van der Waals surface area (Å²) in [5.41, 5.74) is 0.678. The van der Waals surface area contributed by atoms with Crippen LogP contribution in [0.5, 0.6) is 17.2 Å². The van der Waals surface area contributed by atoms with Crippen molar-refractivity contribution >= 4 is 11.6 Å². The Balaban J connectivity index is 1.87. The molecule has 0 aromatic heterocycles. The molecule has 128 valence electrons. The number of methoxy groups -OCH3 is 1. The summed E-state index contributed by atoms with van der Waals surface area (Å²) in [6.07, 6.45) is 2.08. The molecular formula is C19H23NO4. The second-order valence-electron chi connectivity index (χ2n) is 5.22. The summed E-state index contributed by atoms with van der Waals surface area (Å²) in [7, 11) is 1.56. The number of unbranched alkanes of at least 4 members (excludes halogenated alkanes) is 1. The van der Waals surface area contributed by atoms with Crippen LogP contribution in [0.2, 0.25) is 0 Å². The Morgan fingerprint density at radius 1 is 1.04 bits per heavy atom. The fourth-order valence-corrected chi connectivity index (χ4v) is 2.08. The number of amides is 1. The van der Waals surface area contributed by atoms with E-state index >= 15 is 0 Å². The first-order valence-corrected chi connectivity index (χ1v) is 8.01. The van der Waals surface area contributed by atoms with E-state index < -0.39 is 0 Å². The van der Waals surface area contributed by atoms with Crippen LogP contribution in [0.15, 0.2) is 48.5 Å². The van der Waals surface area contributed by atoms with Crippen LogP contribution in [0.3, 0.4) is 0 Å². The van der Waals surface area contributed by atoms with Crippen molar-refractivity contribution in [2.75, 3.05) is 25.6 Å². The Hall–Kier alpha value is -2.69. The highest BCUT2D eigenvalue weighted by atomic mass is 16.5. The lowest BCUT2D eigenvalue weighted by molar-refractivity contribution is -0.118. The first-order valence-electron chi connectivity index (χ1n) is 8.01. The zero-order valence-electron chi connectivity index (χ0n) is 14.1. The number of para-hydroxylation sites is 2. The molecule has 0 spiro atoms. The second kappa shape index (κ2) is 9.45. The molecule has 0 aliphatic carbocycles. The molecular weight excluding hydrogens is 306 g/mol. The molecule has 0 fully saturated rings. The van der Waals surface area contributed by atoms with Crippen molar-refractivity contribution in [1.82, 2.24) is 0 Å². The third kappa shape index (κ3) is 5.50. The highest BCUT2D eigenvalue weighted by Gasteiger charge is 2.07. The Bertz CT molecular complexity index is 657. The molecule has 2 aromatic rings. The van der Waals surface area contributed by atoms with Gasteiger partial charge in [-0.1, -0.05) is 31.5 Å². The van der Waals surface area contributed by atoms with E-state index in [-0.39, 0.29) is 12.5 Å². The average Bonchev–Trinajstić information content (AvgIpc) is 2.61. The van der Waals surface area contributed by atoms with Gasteiger partial charge in [-0.25, -0.2) is 0 Å². The van der Waals surface area contributed by atoms with E-state index in [4.69, 9.17) is 14.2 Å². The minimum atomic E-state index is -0.244. The molecule has 5 heteroatoms. The van der Waals surface area contributed by atoms with Gasteiger partial charge >= 0.3 is 0 Å². The summed E-state index contributed by atoms with van der Waals surface area (Å²) in [6.45, 7) is 2.69. The molecule has 2 aromatic carbocycles. The molecule has 5 nitrogen and oxygen atoms in total. The molecule has 0 aliphatic heterocycles. The summed E-state index contributed by atoms with van der Waals surface area (Å²) in [6, 6.07) is 14.5. The number of carbonyl (C=O) groups excluding carboxylic acids is 1. The predicted octanol–water partition coefficient (Wildman–Crippen LogP) is 3.89. The molecule has 0 saturated carbocycles. The summed E-state index contributed by atoms with van der Waals surface area (Å²) in [4.78, 5) is 12.0. The first-order chi connectivity index (χ1) is 11.7. The molecule has 0 aliphatic rings. The van der Waals surface area contributed by atoms with Gasteiger partial charge in [0, 0.05) is 11.8 Å². The zero-order valence-corrected chi connectivity index (χ0v) is 14.1. The van der Waals surface area contributed by atoms with E-state index in [2.05, 4.69) is 12.2 Å². The highest BCUT2D eigenvalue weighted by molar-refractivity contribution is 5.92. The number of rotatable bonds is 9. The molecule has 1 amide bonds. The second-order valence-corrected chi connectivity index (χ2v) is 5.22. The van der Waals surface area contributed by atoms with E-state index in [1.54, 1.807) is 25.3 Å². The molecule has 0 heterocycles. The fourth-order valence-electron chi connectivity index (χ4n) is 2.08. The van der Waals surface area contributed by atoms with Gasteiger partial charge in [-0.2, -0.15) is 0 Å². The van der Waals surface area contributed by atoms with E-state index in [0.717, 1.165) is 18.6 Å². The van der Waals surface area contributed by atoms with E-state index in [0.29, 0.717) is 23.8 Å². The Morgan fingerprint density at radius 2 is 1.83 bits per heavy atom. The van der Waals surface area contributed by atoms with E-state index in [1.807, 2.05) is 30.3 Å². The number of ether oxygens (including phenoxy) is 3. The third-order valence-corrected chi connectivity index (χ3v) is 3.31. The Labute approximate surface area is 142 Å². The summed E-state index contributed by atoms with van der Waals surface area (Å²) >= 11 is 0. The van der Waals surface area contributed by atoms with Gasteiger partial charge in [0.1, 0.15) is 5.75 Å². The Morgan fingerprint density at radius 3 is 2.58 bits per heavy atom. The first kappa shape index (κ1) is 17.7. The van der Waals surface area contributed by atoms with Gasteiger partial charge in [0.05, 0.1) is 13.7 Å². The highest BCUT2D eigenvalue weighted by Crippen LogP contribution is 2.25. The molecule has 0 saturated heterocycles. The van der Waals surface area contributed by atoms with Crippen LogP contribution in [0.1, 0.15) is 19.8 Å². The van der Waals surface area contributed by atoms with Crippen LogP contribution >= 0.6 is 0 Å². The van der Waals surface area contributed by atoms with Gasteiger partial charge in [0.2, 0.25) is 0 Å². The quantitative estimate of drug-likeness (QED) is 0.709. The van der Waals surface area contributed by atoms with Crippen molar-refractivity contribution in [3.8, 4) is 17.2 Å². The van der Waals surface area contributed by atoms with Crippen LogP contribution in [0.4, 0.5) is 5.69 Å². The minimum Gasteiger partial charge on any atom is -0.494 e. The SMILES string of the molecule is CCCCOc1cccc(NC(=O)COc2ccccc2OC)c1. The molecule has 0 unspecified atom stereocenters. The summed E-state index contributed by atoms with van der Waals surface area (Å²) < 4.78 is 16.3. The molecule has 1 N–H and O–H groups in total. The van der Waals surface area contributed by atoms with Crippen molar-refractivity contribution in [3.63, 3.8) is 0 Å². The van der Waals surface area contributed by atoms with Gasteiger partial charge in [-0.15, -0.1) is 0 Å². The number of benzene rings is 2. The number of carbonyl (C=O) groups is 1.